The maximum atomic E-state index is 13.3. The molecule has 1 aliphatic heterocycles. The lowest BCUT2D eigenvalue weighted by atomic mass is 10.0. The number of carboxylic acids is 1. The van der Waals surface area contributed by atoms with Crippen molar-refractivity contribution in [1.29, 1.82) is 0 Å². The molecule has 122 valence electrons. The highest BCUT2D eigenvalue weighted by molar-refractivity contribution is 7.82. The van der Waals surface area contributed by atoms with Gasteiger partial charge in [-0.3, -0.25) is 4.79 Å². The first-order valence-corrected chi connectivity index (χ1v) is 7.57. The molecule has 0 radical (unpaired) electrons. The molecule has 0 saturated carbocycles. The second kappa shape index (κ2) is 6.33. The molecule has 1 heterocycles. The third-order valence-electron chi connectivity index (χ3n) is 3.41. The number of rotatable bonds is 3. The molecule has 2 rings (SSSR count). The summed E-state index contributed by atoms with van der Waals surface area (Å²) in [6, 6.07) is 1.78. The Morgan fingerprint density at radius 1 is 1.36 bits per heavy atom. The van der Waals surface area contributed by atoms with E-state index in [-0.39, 0.29) is 13.1 Å². The van der Waals surface area contributed by atoms with Crippen molar-refractivity contribution in [3.63, 3.8) is 0 Å². The van der Waals surface area contributed by atoms with Gasteiger partial charge in [0.15, 0.2) is 0 Å². The molecule has 2 atom stereocenters. The summed E-state index contributed by atoms with van der Waals surface area (Å²) in [7, 11) is -2.27. The van der Waals surface area contributed by atoms with Crippen LogP contribution in [-0.4, -0.2) is 32.7 Å². The van der Waals surface area contributed by atoms with Crippen molar-refractivity contribution < 1.29 is 31.7 Å². The number of carbonyl (C=O) groups is 1. The Morgan fingerprint density at radius 2 is 2.05 bits per heavy atom. The summed E-state index contributed by atoms with van der Waals surface area (Å²) in [6.45, 7) is 0.0694. The minimum absolute atomic E-state index is 0.129. The monoisotopic (exact) mass is 339 g/mol. The molecule has 22 heavy (non-hydrogen) atoms. The van der Waals surface area contributed by atoms with Crippen molar-refractivity contribution in [2.45, 2.75) is 23.9 Å². The second-order valence-electron chi connectivity index (χ2n) is 4.95. The fraction of sp³-hybridized carbons (Fsp3) is 0.462. The molecule has 0 bridgehead atoms. The summed E-state index contributed by atoms with van der Waals surface area (Å²) in [5, 5.41) is 8.97. The fourth-order valence-corrected chi connectivity index (χ4v) is 3.78. The Bertz CT molecular complexity index is 605. The largest absolute Gasteiger partial charge is 0.481 e. The van der Waals surface area contributed by atoms with E-state index in [0.29, 0.717) is 31.0 Å². The molecule has 9 heteroatoms. The molecule has 0 aromatic heterocycles. The molecule has 0 spiro atoms. The zero-order valence-corrected chi connectivity index (χ0v) is 12.1. The average molecular weight is 339 g/mol. The van der Waals surface area contributed by atoms with Crippen LogP contribution < -0.4 is 0 Å². The van der Waals surface area contributed by atoms with Gasteiger partial charge in [-0.15, -0.1) is 0 Å². The topological polar surface area (TPSA) is 57.6 Å². The lowest BCUT2D eigenvalue weighted by Gasteiger charge is -2.30. The van der Waals surface area contributed by atoms with E-state index >= 15 is 0 Å². The van der Waals surface area contributed by atoms with Gasteiger partial charge in [-0.1, -0.05) is 0 Å². The van der Waals surface area contributed by atoms with Crippen LogP contribution in [0.3, 0.4) is 0 Å². The van der Waals surface area contributed by atoms with E-state index in [0.717, 1.165) is 4.31 Å². The number of hydrogen-bond acceptors (Lipinski definition) is 2. The Hall–Kier alpha value is -1.48. The van der Waals surface area contributed by atoms with Gasteiger partial charge >= 0.3 is 12.1 Å². The number of carboxylic acid groups (broad SMARTS) is 1. The highest BCUT2D eigenvalue weighted by Crippen LogP contribution is 2.35. The minimum Gasteiger partial charge on any atom is -0.481 e. The van der Waals surface area contributed by atoms with Gasteiger partial charge in [-0.2, -0.15) is 13.2 Å². The first-order valence-electron chi connectivity index (χ1n) is 6.46. The Kier molecular flexibility index (Phi) is 4.86. The van der Waals surface area contributed by atoms with Crippen LogP contribution in [0.1, 0.15) is 18.4 Å². The van der Waals surface area contributed by atoms with E-state index in [2.05, 4.69) is 0 Å². The zero-order valence-electron chi connectivity index (χ0n) is 11.3. The highest BCUT2D eigenvalue weighted by Gasteiger charge is 2.37. The predicted octanol–water partition coefficient (Wildman–Crippen LogP) is 2.66. The highest BCUT2D eigenvalue weighted by atomic mass is 32.2. The number of aliphatic carboxylic acids is 1. The molecule has 2 unspecified atom stereocenters. The first-order chi connectivity index (χ1) is 10.2. The van der Waals surface area contributed by atoms with E-state index in [1.165, 1.54) is 0 Å². The number of benzene rings is 1. The summed E-state index contributed by atoms with van der Waals surface area (Å²) < 4.78 is 65.6. The van der Waals surface area contributed by atoms with E-state index in [9.17, 15) is 26.6 Å². The van der Waals surface area contributed by atoms with Crippen molar-refractivity contribution >= 4 is 17.0 Å². The lowest BCUT2D eigenvalue weighted by Crippen LogP contribution is -2.40. The van der Waals surface area contributed by atoms with Gasteiger partial charge in [0.2, 0.25) is 0 Å². The van der Waals surface area contributed by atoms with Crippen LogP contribution in [0.2, 0.25) is 0 Å². The molecule has 0 aliphatic carbocycles. The molecule has 1 aromatic rings. The summed E-state index contributed by atoms with van der Waals surface area (Å²) in [5.74, 6) is -2.80. The Labute approximate surface area is 126 Å². The second-order valence-corrected chi connectivity index (χ2v) is 6.41. The molecular weight excluding hydrogens is 326 g/mol. The van der Waals surface area contributed by atoms with E-state index in [1.54, 1.807) is 0 Å². The average Bonchev–Trinajstić information content (AvgIpc) is 2.45. The van der Waals surface area contributed by atoms with Crippen molar-refractivity contribution in [2.24, 2.45) is 5.92 Å². The molecule has 0 amide bonds. The molecule has 1 N–H and O–H groups in total. The van der Waals surface area contributed by atoms with Crippen molar-refractivity contribution in [3.05, 3.63) is 29.6 Å². The maximum absolute atomic E-state index is 13.3. The third-order valence-corrected chi connectivity index (χ3v) is 4.92. The maximum Gasteiger partial charge on any atom is 0.417 e. The molecule has 1 aromatic carbocycles. The van der Waals surface area contributed by atoms with Gasteiger partial charge in [0.25, 0.3) is 0 Å². The van der Waals surface area contributed by atoms with Gasteiger partial charge in [0.1, 0.15) is 16.8 Å². The van der Waals surface area contributed by atoms with Crippen LogP contribution in [0, 0.1) is 11.7 Å². The zero-order chi connectivity index (χ0) is 16.5. The molecule has 1 aliphatic rings. The van der Waals surface area contributed by atoms with Crippen molar-refractivity contribution in [1.82, 2.24) is 4.31 Å². The van der Waals surface area contributed by atoms with Crippen LogP contribution in [0.25, 0.3) is 0 Å². The predicted molar refractivity (Wildman–Crippen MR) is 69.7 cm³/mol. The normalized spacial score (nSPS) is 21.5. The fourth-order valence-electron chi connectivity index (χ4n) is 2.31. The Balaban J connectivity index is 2.33. The summed E-state index contributed by atoms with van der Waals surface area (Å²) in [4.78, 5) is 10.3. The molecular formula is C13H13F4NO3S. The number of alkyl halides is 3. The molecule has 4 nitrogen and oxygen atoms in total. The quantitative estimate of drug-likeness (QED) is 0.862. The SMILES string of the molecule is O=C(O)C1CCCN(S(=O)c2cc(F)ccc2C(F)(F)F)C1. The van der Waals surface area contributed by atoms with Crippen LogP contribution in [0.4, 0.5) is 17.6 Å². The van der Waals surface area contributed by atoms with Gasteiger partial charge in [-0.05, 0) is 31.0 Å². The van der Waals surface area contributed by atoms with E-state index in [4.69, 9.17) is 5.11 Å². The minimum atomic E-state index is -4.76. The van der Waals surface area contributed by atoms with E-state index < -0.39 is 45.3 Å². The van der Waals surface area contributed by atoms with Gasteiger partial charge < -0.3 is 5.11 Å². The van der Waals surface area contributed by atoms with E-state index in [1.807, 2.05) is 0 Å². The van der Waals surface area contributed by atoms with Crippen molar-refractivity contribution in [2.75, 3.05) is 13.1 Å². The van der Waals surface area contributed by atoms with Gasteiger partial charge in [-0.25, -0.2) is 12.9 Å². The summed E-state index contributed by atoms with van der Waals surface area (Å²) in [6.07, 6.45) is -3.99. The smallest absolute Gasteiger partial charge is 0.417 e. The third kappa shape index (κ3) is 3.64. The van der Waals surface area contributed by atoms with Crippen LogP contribution in [0.15, 0.2) is 23.1 Å². The standard InChI is InChI=1S/C13H13F4NO3S/c14-9-3-4-10(13(15,16)17)11(6-9)22(21)18-5-1-2-8(7-18)12(19)20/h3-4,6,8H,1-2,5,7H2,(H,19,20). The number of nitrogens with zero attached hydrogens (tertiary/aromatic N) is 1. The lowest BCUT2D eigenvalue weighted by molar-refractivity contribution is -0.143. The van der Waals surface area contributed by atoms with Gasteiger partial charge in [0, 0.05) is 13.1 Å². The number of halogens is 4. The summed E-state index contributed by atoms with van der Waals surface area (Å²) >= 11 is 0. The first kappa shape index (κ1) is 16.9. The van der Waals surface area contributed by atoms with Crippen molar-refractivity contribution in [3.8, 4) is 0 Å². The van der Waals surface area contributed by atoms with Crippen LogP contribution in [0.5, 0.6) is 0 Å². The molecule has 1 fully saturated rings. The molecule has 1 saturated heterocycles. The Morgan fingerprint density at radius 3 is 2.64 bits per heavy atom. The van der Waals surface area contributed by atoms with Crippen LogP contribution >= 0.6 is 0 Å². The van der Waals surface area contributed by atoms with Gasteiger partial charge in [0.05, 0.1) is 16.4 Å². The number of hydrogen-bond donors (Lipinski definition) is 1. The number of piperidine rings is 1. The summed E-state index contributed by atoms with van der Waals surface area (Å²) in [5.41, 5.74) is -1.18. The van der Waals surface area contributed by atoms with Crippen LogP contribution in [-0.2, 0) is 22.0 Å².